The number of carboxylic acid groups (broad SMARTS) is 1. The molecule has 1 saturated heterocycles. The number of hydrogen-bond donors (Lipinski definition) is 1. The number of nitrogens with zero attached hydrogens (tertiary/aromatic N) is 1. The summed E-state index contributed by atoms with van der Waals surface area (Å²) in [6, 6.07) is 7.06. The van der Waals surface area contributed by atoms with E-state index in [1.807, 2.05) is 13.0 Å². The summed E-state index contributed by atoms with van der Waals surface area (Å²) in [5.74, 6) is -1.11. The first-order valence-corrected chi connectivity index (χ1v) is 7.11. The van der Waals surface area contributed by atoms with Crippen LogP contribution in [0.3, 0.4) is 0 Å². The Morgan fingerprint density at radius 3 is 2.79 bits per heavy atom. The van der Waals surface area contributed by atoms with E-state index in [9.17, 15) is 14.7 Å². The lowest BCUT2D eigenvalue weighted by Gasteiger charge is -2.34. The van der Waals surface area contributed by atoms with Crippen molar-refractivity contribution in [2.75, 3.05) is 6.54 Å². The van der Waals surface area contributed by atoms with Crippen LogP contribution < -0.4 is 0 Å². The molecule has 1 unspecified atom stereocenters. The second kappa shape index (κ2) is 5.33. The maximum atomic E-state index is 12.5. The molecule has 19 heavy (non-hydrogen) atoms. The Bertz CT molecular complexity index is 517. The van der Waals surface area contributed by atoms with Crippen LogP contribution in [-0.4, -0.2) is 34.0 Å². The molecule has 1 aromatic rings. The molecule has 5 heteroatoms. The Morgan fingerprint density at radius 2 is 2.21 bits per heavy atom. The van der Waals surface area contributed by atoms with E-state index in [4.69, 9.17) is 0 Å². The normalized spacial score (nSPS) is 22.5. The Hall–Kier alpha value is -1.36. The van der Waals surface area contributed by atoms with Gasteiger partial charge < -0.3 is 10.0 Å². The van der Waals surface area contributed by atoms with Gasteiger partial charge in [0.05, 0.1) is 0 Å². The van der Waals surface area contributed by atoms with Crippen molar-refractivity contribution in [1.82, 2.24) is 4.90 Å². The van der Waals surface area contributed by atoms with Gasteiger partial charge in [0.25, 0.3) is 5.91 Å². The van der Waals surface area contributed by atoms with Gasteiger partial charge in [-0.1, -0.05) is 28.9 Å². The van der Waals surface area contributed by atoms with E-state index in [0.717, 1.165) is 10.9 Å². The Labute approximate surface area is 120 Å². The highest BCUT2D eigenvalue weighted by molar-refractivity contribution is 9.10. The molecule has 4 nitrogen and oxygen atoms in total. The van der Waals surface area contributed by atoms with Crippen LogP contribution >= 0.6 is 15.9 Å². The van der Waals surface area contributed by atoms with Crippen molar-refractivity contribution in [3.63, 3.8) is 0 Å². The number of carbonyl (C=O) groups excluding carboxylic acids is 1. The molecule has 0 aromatic heterocycles. The average Bonchev–Trinajstić information content (AvgIpc) is 2.82. The molecule has 0 spiro atoms. The predicted octanol–water partition coefficient (Wildman–Crippen LogP) is 2.92. The number of halogens is 1. The third-order valence-corrected chi connectivity index (χ3v) is 4.28. The van der Waals surface area contributed by atoms with Crippen molar-refractivity contribution in [2.45, 2.75) is 31.7 Å². The second-order valence-corrected chi connectivity index (χ2v) is 5.68. The van der Waals surface area contributed by atoms with Gasteiger partial charge in [-0.3, -0.25) is 4.79 Å². The lowest BCUT2D eigenvalue weighted by Crippen LogP contribution is -2.52. The minimum absolute atomic E-state index is 0.206. The second-order valence-electron chi connectivity index (χ2n) is 4.76. The molecular formula is C14H16BrNO3. The summed E-state index contributed by atoms with van der Waals surface area (Å²) in [5.41, 5.74) is -0.519. The van der Waals surface area contributed by atoms with Crippen LogP contribution in [0.2, 0.25) is 0 Å². The molecule has 2 rings (SSSR count). The van der Waals surface area contributed by atoms with Crippen LogP contribution in [0, 0.1) is 0 Å². The van der Waals surface area contributed by atoms with Gasteiger partial charge in [-0.05, 0) is 37.5 Å². The van der Waals surface area contributed by atoms with E-state index in [2.05, 4.69) is 15.9 Å². The Kier molecular flexibility index (Phi) is 3.94. The summed E-state index contributed by atoms with van der Waals surface area (Å²) in [7, 11) is 0. The monoisotopic (exact) mass is 325 g/mol. The molecule has 0 saturated carbocycles. The van der Waals surface area contributed by atoms with E-state index >= 15 is 0 Å². The highest BCUT2D eigenvalue weighted by Crippen LogP contribution is 2.34. The smallest absolute Gasteiger partial charge is 0.329 e. The van der Waals surface area contributed by atoms with Crippen molar-refractivity contribution >= 4 is 27.8 Å². The zero-order chi connectivity index (χ0) is 14.0. The third-order valence-electron chi connectivity index (χ3n) is 3.79. The standard InChI is InChI=1S/C14H16BrNO3/c1-2-14(13(18)19)7-4-8-16(14)12(17)10-5-3-6-11(15)9-10/h3,5-6,9H,2,4,7-8H2,1H3,(H,18,19). The fourth-order valence-electron chi connectivity index (χ4n) is 2.69. The number of carboxylic acids is 1. The maximum absolute atomic E-state index is 12.5. The minimum atomic E-state index is -1.04. The maximum Gasteiger partial charge on any atom is 0.329 e. The molecule has 1 atom stereocenters. The minimum Gasteiger partial charge on any atom is -0.479 e. The quantitative estimate of drug-likeness (QED) is 0.929. The van der Waals surface area contributed by atoms with Crippen molar-refractivity contribution in [2.24, 2.45) is 0 Å². The van der Waals surface area contributed by atoms with E-state index in [1.165, 1.54) is 4.90 Å². The van der Waals surface area contributed by atoms with Crippen molar-refractivity contribution in [1.29, 1.82) is 0 Å². The van der Waals surface area contributed by atoms with Crippen LogP contribution in [0.1, 0.15) is 36.5 Å². The molecule has 1 fully saturated rings. The van der Waals surface area contributed by atoms with E-state index in [-0.39, 0.29) is 5.91 Å². The summed E-state index contributed by atoms with van der Waals surface area (Å²) in [6.45, 7) is 2.33. The molecule has 1 aromatic carbocycles. The van der Waals surface area contributed by atoms with Gasteiger partial charge in [-0.2, -0.15) is 0 Å². The number of amides is 1. The first kappa shape index (κ1) is 14.1. The van der Waals surface area contributed by atoms with Gasteiger partial charge in [-0.25, -0.2) is 4.79 Å². The van der Waals surface area contributed by atoms with Crippen LogP contribution in [0.4, 0.5) is 0 Å². The molecule has 0 aliphatic carbocycles. The Morgan fingerprint density at radius 1 is 1.47 bits per heavy atom. The SMILES string of the molecule is CCC1(C(=O)O)CCCN1C(=O)c1cccc(Br)c1. The summed E-state index contributed by atoms with van der Waals surface area (Å²) in [5, 5.41) is 9.48. The van der Waals surface area contributed by atoms with Gasteiger partial charge in [0.1, 0.15) is 5.54 Å². The van der Waals surface area contributed by atoms with E-state index in [0.29, 0.717) is 24.9 Å². The van der Waals surface area contributed by atoms with Gasteiger partial charge >= 0.3 is 5.97 Å². The Balaban J connectivity index is 2.35. The van der Waals surface area contributed by atoms with Crippen LogP contribution in [-0.2, 0) is 4.79 Å². The molecule has 1 N–H and O–H groups in total. The van der Waals surface area contributed by atoms with E-state index < -0.39 is 11.5 Å². The number of aliphatic carboxylic acids is 1. The zero-order valence-electron chi connectivity index (χ0n) is 10.7. The summed E-state index contributed by atoms with van der Waals surface area (Å²) in [4.78, 5) is 25.6. The molecule has 1 aliphatic rings. The lowest BCUT2D eigenvalue weighted by molar-refractivity contribution is -0.148. The highest BCUT2D eigenvalue weighted by Gasteiger charge is 2.48. The van der Waals surface area contributed by atoms with Crippen LogP contribution in [0.15, 0.2) is 28.7 Å². The highest BCUT2D eigenvalue weighted by atomic mass is 79.9. The number of rotatable bonds is 3. The molecule has 0 radical (unpaired) electrons. The largest absolute Gasteiger partial charge is 0.479 e. The van der Waals surface area contributed by atoms with Gasteiger partial charge in [0.2, 0.25) is 0 Å². The predicted molar refractivity (Wildman–Crippen MR) is 75.1 cm³/mol. The van der Waals surface area contributed by atoms with Gasteiger partial charge in [-0.15, -0.1) is 0 Å². The molecule has 1 heterocycles. The average molecular weight is 326 g/mol. The number of carbonyl (C=O) groups is 2. The summed E-state index contributed by atoms with van der Waals surface area (Å²) in [6.07, 6.45) is 1.69. The van der Waals surface area contributed by atoms with Gasteiger partial charge in [0.15, 0.2) is 0 Å². The molecular weight excluding hydrogens is 310 g/mol. The number of likely N-dealkylation sites (tertiary alicyclic amines) is 1. The van der Waals surface area contributed by atoms with E-state index in [1.54, 1.807) is 18.2 Å². The zero-order valence-corrected chi connectivity index (χ0v) is 12.3. The molecule has 102 valence electrons. The molecule has 1 amide bonds. The lowest BCUT2D eigenvalue weighted by atomic mass is 9.92. The summed E-state index contributed by atoms with van der Waals surface area (Å²) >= 11 is 3.33. The van der Waals surface area contributed by atoms with Crippen LogP contribution in [0.25, 0.3) is 0 Å². The number of hydrogen-bond acceptors (Lipinski definition) is 2. The fraction of sp³-hybridized carbons (Fsp3) is 0.429. The van der Waals surface area contributed by atoms with Gasteiger partial charge in [0, 0.05) is 16.6 Å². The fourth-order valence-corrected chi connectivity index (χ4v) is 3.09. The number of benzene rings is 1. The molecule has 1 aliphatic heterocycles. The van der Waals surface area contributed by atoms with Crippen LogP contribution in [0.5, 0.6) is 0 Å². The van der Waals surface area contributed by atoms with Crippen molar-refractivity contribution in [3.05, 3.63) is 34.3 Å². The third kappa shape index (κ3) is 2.39. The first-order valence-electron chi connectivity index (χ1n) is 6.32. The first-order chi connectivity index (χ1) is 9.01. The molecule has 0 bridgehead atoms. The van der Waals surface area contributed by atoms with Crippen molar-refractivity contribution in [3.8, 4) is 0 Å². The van der Waals surface area contributed by atoms with Crippen molar-refractivity contribution < 1.29 is 14.7 Å². The topological polar surface area (TPSA) is 57.6 Å². The summed E-state index contributed by atoms with van der Waals surface area (Å²) < 4.78 is 0.815.